The van der Waals surface area contributed by atoms with Crippen molar-refractivity contribution in [1.29, 1.82) is 0 Å². The highest BCUT2D eigenvalue weighted by molar-refractivity contribution is 7.90. The molecule has 9 heteroatoms. The van der Waals surface area contributed by atoms with Crippen LogP contribution in [-0.2, 0) is 27.4 Å². The van der Waals surface area contributed by atoms with E-state index in [1.54, 1.807) is 35.9 Å². The molecule has 1 fully saturated rings. The van der Waals surface area contributed by atoms with Crippen molar-refractivity contribution in [3.8, 4) is 0 Å². The van der Waals surface area contributed by atoms with E-state index in [0.29, 0.717) is 17.0 Å². The molecule has 0 aliphatic carbocycles. The molecule has 0 radical (unpaired) electrons. The van der Waals surface area contributed by atoms with E-state index in [4.69, 9.17) is 0 Å². The van der Waals surface area contributed by atoms with Crippen molar-refractivity contribution in [3.63, 3.8) is 0 Å². The Balaban J connectivity index is 1.81. The molecule has 1 aliphatic heterocycles. The zero-order valence-corrected chi connectivity index (χ0v) is 14.9. The third kappa shape index (κ3) is 3.57. The molecule has 2 heterocycles. The van der Waals surface area contributed by atoms with E-state index < -0.39 is 15.8 Å². The monoisotopic (exact) mass is 364 g/mol. The van der Waals surface area contributed by atoms with Crippen molar-refractivity contribution < 1.29 is 17.9 Å². The van der Waals surface area contributed by atoms with E-state index in [2.05, 4.69) is 20.3 Å². The Hall–Kier alpha value is -2.26. The summed E-state index contributed by atoms with van der Waals surface area (Å²) in [6.45, 7) is 0.895. The third-order valence-corrected chi connectivity index (χ3v) is 5.88. The molecule has 25 heavy (non-hydrogen) atoms. The van der Waals surface area contributed by atoms with E-state index >= 15 is 0 Å². The maximum atomic E-state index is 12.7. The van der Waals surface area contributed by atoms with Gasteiger partial charge in [-0.1, -0.05) is 12.1 Å². The van der Waals surface area contributed by atoms with Gasteiger partial charge in [0.1, 0.15) is 0 Å². The number of carbonyl (C=O) groups is 1. The van der Waals surface area contributed by atoms with Crippen LogP contribution in [0, 0.1) is 0 Å². The summed E-state index contributed by atoms with van der Waals surface area (Å²) in [6.07, 6.45) is 1.95. The Bertz CT molecular complexity index is 868. The van der Waals surface area contributed by atoms with Crippen molar-refractivity contribution in [2.45, 2.75) is 29.8 Å². The zero-order valence-electron chi connectivity index (χ0n) is 14.1. The van der Waals surface area contributed by atoms with Gasteiger partial charge in [-0.2, -0.15) is 0 Å². The van der Waals surface area contributed by atoms with Crippen LogP contribution in [0.25, 0.3) is 0 Å². The molecule has 134 valence electrons. The second kappa shape index (κ2) is 6.93. The minimum atomic E-state index is -3.65. The summed E-state index contributed by atoms with van der Waals surface area (Å²) >= 11 is 0. The molecule has 1 N–H and O–H groups in total. The fourth-order valence-electron chi connectivity index (χ4n) is 2.94. The number of ether oxygens (including phenoxy) is 1. The molecule has 1 saturated heterocycles. The Morgan fingerprint density at radius 2 is 2.04 bits per heavy atom. The summed E-state index contributed by atoms with van der Waals surface area (Å²) < 4.78 is 31.6. The zero-order chi connectivity index (χ0) is 18.0. The predicted octanol–water partition coefficient (Wildman–Crippen LogP) is 1.00. The highest BCUT2D eigenvalue weighted by Gasteiger charge is 2.28. The minimum absolute atomic E-state index is 0.0424. The Labute approximate surface area is 146 Å². The maximum absolute atomic E-state index is 12.7. The van der Waals surface area contributed by atoms with Crippen LogP contribution in [0.5, 0.6) is 0 Å². The summed E-state index contributed by atoms with van der Waals surface area (Å²) in [6, 6.07) is 6.32. The molecular formula is C16H20N4O4S. The number of hydrogen-bond acceptors (Lipinski definition) is 7. The lowest BCUT2D eigenvalue weighted by molar-refractivity contribution is 0.0600. The first kappa shape index (κ1) is 17.6. The number of benzene rings is 1. The number of nitrogens with zero attached hydrogens (tertiary/aromatic N) is 3. The van der Waals surface area contributed by atoms with Crippen LogP contribution in [0.15, 0.2) is 29.4 Å². The van der Waals surface area contributed by atoms with Crippen LogP contribution < -0.4 is 5.32 Å². The van der Waals surface area contributed by atoms with E-state index in [1.807, 2.05) is 0 Å². The molecule has 0 spiro atoms. The smallest absolute Gasteiger partial charge is 0.337 e. The second-order valence-corrected chi connectivity index (χ2v) is 7.88. The summed E-state index contributed by atoms with van der Waals surface area (Å²) in [5.74, 6) is -0.0352. The van der Waals surface area contributed by atoms with Gasteiger partial charge in [0.05, 0.1) is 24.5 Å². The fraction of sp³-hybridized carbons (Fsp3) is 0.438. The van der Waals surface area contributed by atoms with Gasteiger partial charge in [-0.05, 0) is 37.1 Å². The minimum Gasteiger partial charge on any atom is -0.465 e. The fourth-order valence-corrected chi connectivity index (χ4v) is 4.38. The number of esters is 1. The average Bonchev–Trinajstić information content (AvgIpc) is 3.24. The molecule has 1 unspecified atom stereocenters. The van der Waals surface area contributed by atoms with Crippen molar-refractivity contribution in [2.75, 3.05) is 13.7 Å². The molecular weight excluding hydrogens is 344 g/mol. The van der Waals surface area contributed by atoms with Crippen molar-refractivity contribution >= 4 is 15.8 Å². The van der Waals surface area contributed by atoms with Crippen LogP contribution in [0.1, 0.15) is 40.6 Å². The predicted molar refractivity (Wildman–Crippen MR) is 89.7 cm³/mol. The first-order valence-corrected chi connectivity index (χ1v) is 9.60. The van der Waals surface area contributed by atoms with Gasteiger partial charge in [0, 0.05) is 7.05 Å². The standard InChI is InChI=1S/C16H20N4O4S/c1-20-14(13-4-3-9-17-13)18-19-16(20)25(22,23)10-11-5-7-12(8-6-11)15(21)24-2/h5-8,13,17H,3-4,9-10H2,1-2H3. The summed E-state index contributed by atoms with van der Waals surface area (Å²) in [5.41, 5.74) is 0.938. The number of sulfone groups is 1. The largest absolute Gasteiger partial charge is 0.465 e. The van der Waals surface area contributed by atoms with Crippen LogP contribution in [0.2, 0.25) is 0 Å². The highest BCUT2D eigenvalue weighted by atomic mass is 32.2. The van der Waals surface area contributed by atoms with Gasteiger partial charge in [-0.15, -0.1) is 10.2 Å². The van der Waals surface area contributed by atoms with Gasteiger partial charge in [-0.3, -0.25) is 0 Å². The summed E-state index contributed by atoms with van der Waals surface area (Å²) in [5, 5.41) is 11.2. The van der Waals surface area contributed by atoms with E-state index in [0.717, 1.165) is 19.4 Å². The molecule has 1 aromatic carbocycles. The lowest BCUT2D eigenvalue weighted by Crippen LogP contribution is -2.18. The molecule has 0 saturated carbocycles. The first-order valence-electron chi connectivity index (χ1n) is 7.95. The van der Waals surface area contributed by atoms with E-state index in [1.165, 1.54) is 7.11 Å². The normalized spacial score (nSPS) is 17.6. The number of methoxy groups -OCH3 is 1. The molecule has 3 rings (SSSR count). The summed E-state index contributed by atoms with van der Waals surface area (Å²) in [7, 11) is -0.680. The van der Waals surface area contributed by atoms with Gasteiger partial charge < -0.3 is 14.6 Å². The molecule has 1 atom stereocenters. The van der Waals surface area contributed by atoms with Gasteiger partial charge in [0.2, 0.25) is 15.0 Å². The Kier molecular flexibility index (Phi) is 4.87. The highest BCUT2D eigenvalue weighted by Crippen LogP contribution is 2.23. The SMILES string of the molecule is COC(=O)c1ccc(CS(=O)(=O)c2nnc(C3CCCN3)n2C)cc1. The average molecular weight is 364 g/mol. The van der Waals surface area contributed by atoms with Gasteiger partial charge in [-0.25, -0.2) is 13.2 Å². The molecule has 2 aromatic rings. The van der Waals surface area contributed by atoms with E-state index in [-0.39, 0.29) is 17.0 Å². The molecule has 1 aromatic heterocycles. The van der Waals surface area contributed by atoms with Gasteiger partial charge >= 0.3 is 5.97 Å². The van der Waals surface area contributed by atoms with E-state index in [9.17, 15) is 13.2 Å². The van der Waals surface area contributed by atoms with Crippen molar-refractivity contribution in [3.05, 3.63) is 41.2 Å². The van der Waals surface area contributed by atoms with Crippen LogP contribution in [0.4, 0.5) is 0 Å². The number of carbonyl (C=O) groups excluding carboxylic acids is 1. The molecule has 8 nitrogen and oxygen atoms in total. The first-order chi connectivity index (χ1) is 11.9. The topological polar surface area (TPSA) is 103 Å². The lowest BCUT2D eigenvalue weighted by Gasteiger charge is -2.10. The van der Waals surface area contributed by atoms with Crippen LogP contribution >= 0.6 is 0 Å². The molecule has 0 bridgehead atoms. The number of nitrogens with one attached hydrogen (secondary N) is 1. The Morgan fingerprint density at radius 3 is 2.64 bits per heavy atom. The second-order valence-electron chi connectivity index (χ2n) is 6.00. The molecule has 0 amide bonds. The van der Waals surface area contributed by atoms with Crippen molar-refractivity contribution in [2.24, 2.45) is 7.05 Å². The van der Waals surface area contributed by atoms with Crippen molar-refractivity contribution in [1.82, 2.24) is 20.1 Å². The molecule has 1 aliphatic rings. The Morgan fingerprint density at radius 1 is 1.32 bits per heavy atom. The summed E-state index contributed by atoms with van der Waals surface area (Å²) in [4.78, 5) is 11.4. The van der Waals surface area contributed by atoms with Crippen LogP contribution in [-0.4, -0.2) is 42.8 Å². The lowest BCUT2D eigenvalue weighted by atomic mass is 10.1. The maximum Gasteiger partial charge on any atom is 0.337 e. The number of aromatic nitrogens is 3. The number of hydrogen-bond donors (Lipinski definition) is 1. The third-order valence-electron chi connectivity index (χ3n) is 4.25. The van der Waals surface area contributed by atoms with Gasteiger partial charge in [0.15, 0.2) is 5.82 Å². The van der Waals surface area contributed by atoms with Crippen LogP contribution in [0.3, 0.4) is 0 Å². The van der Waals surface area contributed by atoms with Gasteiger partial charge in [0.25, 0.3) is 0 Å². The quantitative estimate of drug-likeness (QED) is 0.790. The number of rotatable bonds is 5.